The first-order valence-electron chi connectivity index (χ1n) is 6.55. The Morgan fingerprint density at radius 1 is 1.48 bits per heavy atom. The normalized spacial score (nSPS) is 12.8. The Morgan fingerprint density at radius 3 is 2.81 bits per heavy atom. The molecule has 0 saturated carbocycles. The highest BCUT2D eigenvalue weighted by atomic mass is 32.2. The molecule has 1 amide bonds. The molecule has 0 aromatic heterocycles. The third-order valence-corrected chi connectivity index (χ3v) is 4.66. The quantitative estimate of drug-likeness (QED) is 0.807. The highest BCUT2D eigenvalue weighted by Gasteiger charge is 2.14. The lowest BCUT2D eigenvalue weighted by Crippen LogP contribution is -2.37. The second kappa shape index (κ2) is 7.60. The molecule has 6 heteroatoms. The van der Waals surface area contributed by atoms with Gasteiger partial charge in [-0.1, -0.05) is 19.1 Å². The van der Waals surface area contributed by atoms with E-state index in [1.807, 2.05) is 6.07 Å². The number of carbonyl (C=O) groups excluding carboxylic acids is 1. The van der Waals surface area contributed by atoms with Gasteiger partial charge in [-0.05, 0) is 30.7 Å². The summed E-state index contributed by atoms with van der Waals surface area (Å²) >= 11 is 0. The van der Waals surface area contributed by atoms with Gasteiger partial charge in [0, 0.05) is 17.9 Å². The number of rotatable bonds is 6. The maximum Gasteiger partial charge on any atom is 0.244 e. The maximum atomic E-state index is 11.7. The zero-order valence-electron chi connectivity index (χ0n) is 12.0. The van der Waals surface area contributed by atoms with Crippen molar-refractivity contribution in [2.75, 3.05) is 11.5 Å². The van der Waals surface area contributed by atoms with Gasteiger partial charge in [-0.15, -0.1) is 0 Å². The standard InChI is InChI=1S/C15H18N2O3S/c1-3-21(19,20)11-12(2)17-15(18)8-7-13-5-4-6-14(9-13)10-16/h4-9,12H,3,11H2,1-2H3,(H,17,18)/b8-7+/t12-/m1/s1. The molecule has 0 bridgehead atoms. The zero-order chi connectivity index (χ0) is 15.9. The van der Waals surface area contributed by atoms with Gasteiger partial charge >= 0.3 is 0 Å². The number of benzene rings is 1. The highest BCUT2D eigenvalue weighted by molar-refractivity contribution is 7.91. The molecule has 0 unspecified atom stereocenters. The Kier molecular flexibility index (Phi) is 6.12. The van der Waals surface area contributed by atoms with E-state index in [4.69, 9.17) is 5.26 Å². The monoisotopic (exact) mass is 306 g/mol. The van der Waals surface area contributed by atoms with Gasteiger partial charge < -0.3 is 5.32 Å². The van der Waals surface area contributed by atoms with Gasteiger partial charge in [0.15, 0.2) is 9.84 Å². The minimum Gasteiger partial charge on any atom is -0.349 e. The van der Waals surface area contributed by atoms with E-state index in [1.54, 1.807) is 44.2 Å². The molecular weight excluding hydrogens is 288 g/mol. The number of nitrogens with one attached hydrogen (secondary N) is 1. The lowest BCUT2D eigenvalue weighted by Gasteiger charge is -2.11. The molecule has 0 saturated heterocycles. The Morgan fingerprint density at radius 2 is 2.19 bits per heavy atom. The van der Waals surface area contributed by atoms with Crippen molar-refractivity contribution in [1.82, 2.24) is 5.32 Å². The van der Waals surface area contributed by atoms with Gasteiger partial charge in [-0.2, -0.15) is 5.26 Å². The van der Waals surface area contributed by atoms with Crippen LogP contribution in [0.1, 0.15) is 25.0 Å². The number of nitriles is 1. The van der Waals surface area contributed by atoms with Crippen LogP contribution in [0.4, 0.5) is 0 Å². The Bertz CT molecular complexity index is 672. The summed E-state index contributed by atoms with van der Waals surface area (Å²) in [4.78, 5) is 11.7. The summed E-state index contributed by atoms with van der Waals surface area (Å²) in [5.74, 6) is -0.382. The molecule has 1 rings (SSSR count). The van der Waals surface area contributed by atoms with E-state index in [0.717, 1.165) is 5.56 Å². The van der Waals surface area contributed by atoms with Crippen LogP contribution in [0.25, 0.3) is 6.08 Å². The number of hydrogen-bond donors (Lipinski definition) is 1. The first-order valence-corrected chi connectivity index (χ1v) is 8.37. The number of sulfone groups is 1. The molecule has 1 aromatic carbocycles. The predicted octanol–water partition coefficient (Wildman–Crippen LogP) is 1.51. The van der Waals surface area contributed by atoms with Crippen molar-refractivity contribution in [3.05, 3.63) is 41.5 Å². The molecule has 0 aliphatic rings. The zero-order valence-corrected chi connectivity index (χ0v) is 12.9. The van der Waals surface area contributed by atoms with Gasteiger partial charge in [0.05, 0.1) is 17.4 Å². The molecule has 1 N–H and O–H groups in total. The number of carbonyl (C=O) groups is 1. The summed E-state index contributed by atoms with van der Waals surface area (Å²) in [6, 6.07) is 8.41. The van der Waals surface area contributed by atoms with Crippen molar-refractivity contribution >= 4 is 21.8 Å². The van der Waals surface area contributed by atoms with E-state index >= 15 is 0 Å². The topological polar surface area (TPSA) is 87.0 Å². The summed E-state index contributed by atoms with van der Waals surface area (Å²) in [6.07, 6.45) is 2.91. The average molecular weight is 306 g/mol. The summed E-state index contributed by atoms with van der Waals surface area (Å²) in [5.41, 5.74) is 1.25. The lowest BCUT2D eigenvalue weighted by atomic mass is 10.1. The molecule has 0 aliphatic carbocycles. The molecule has 0 aliphatic heterocycles. The molecule has 0 spiro atoms. The third kappa shape index (κ3) is 6.23. The Balaban J connectivity index is 2.61. The van der Waals surface area contributed by atoms with E-state index in [2.05, 4.69) is 5.32 Å². The fraction of sp³-hybridized carbons (Fsp3) is 0.333. The van der Waals surface area contributed by atoms with Crippen molar-refractivity contribution < 1.29 is 13.2 Å². The van der Waals surface area contributed by atoms with E-state index in [-0.39, 0.29) is 17.4 Å². The molecule has 21 heavy (non-hydrogen) atoms. The molecule has 5 nitrogen and oxygen atoms in total. The van der Waals surface area contributed by atoms with Gasteiger partial charge in [0.1, 0.15) is 0 Å². The number of hydrogen-bond acceptors (Lipinski definition) is 4. The molecule has 1 atom stereocenters. The van der Waals surface area contributed by atoms with Crippen LogP contribution >= 0.6 is 0 Å². The van der Waals surface area contributed by atoms with E-state index < -0.39 is 15.9 Å². The van der Waals surface area contributed by atoms with E-state index in [0.29, 0.717) is 5.56 Å². The van der Waals surface area contributed by atoms with Crippen molar-refractivity contribution in [2.24, 2.45) is 0 Å². The van der Waals surface area contributed by atoms with Crippen LogP contribution in [0, 0.1) is 11.3 Å². The Labute approximate surface area is 125 Å². The van der Waals surface area contributed by atoms with Crippen LogP contribution in [0.2, 0.25) is 0 Å². The van der Waals surface area contributed by atoms with Crippen molar-refractivity contribution in [1.29, 1.82) is 5.26 Å². The molecular formula is C15H18N2O3S. The van der Waals surface area contributed by atoms with Crippen LogP contribution in [0.3, 0.4) is 0 Å². The van der Waals surface area contributed by atoms with Crippen LogP contribution in [0.15, 0.2) is 30.3 Å². The van der Waals surface area contributed by atoms with Crippen LogP contribution in [-0.4, -0.2) is 31.9 Å². The van der Waals surface area contributed by atoms with Crippen molar-refractivity contribution in [2.45, 2.75) is 19.9 Å². The van der Waals surface area contributed by atoms with Crippen LogP contribution in [-0.2, 0) is 14.6 Å². The number of amides is 1. The van der Waals surface area contributed by atoms with Crippen molar-refractivity contribution in [3.8, 4) is 6.07 Å². The molecule has 0 heterocycles. The fourth-order valence-corrected chi connectivity index (χ4v) is 2.80. The van der Waals surface area contributed by atoms with E-state index in [9.17, 15) is 13.2 Å². The minimum atomic E-state index is -3.12. The third-order valence-electron chi connectivity index (χ3n) is 2.78. The van der Waals surface area contributed by atoms with Gasteiger partial charge in [0.25, 0.3) is 0 Å². The maximum absolute atomic E-state index is 11.7. The number of nitrogens with zero attached hydrogens (tertiary/aromatic N) is 1. The summed E-state index contributed by atoms with van der Waals surface area (Å²) < 4.78 is 22.9. The van der Waals surface area contributed by atoms with Crippen LogP contribution in [0.5, 0.6) is 0 Å². The Hall–Kier alpha value is -2.13. The molecule has 0 fully saturated rings. The van der Waals surface area contributed by atoms with Gasteiger partial charge in [-0.25, -0.2) is 8.42 Å². The largest absolute Gasteiger partial charge is 0.349 e. The summed E-state index contributed by atoms with van der Waals surface area (Å²) in [6.45, 7) is 3.22. The minimum absolute atomic E-state index is 0.0595. The molecule has 0 radical (unpaired) electrons. The average Bonchev–Trinajstić information content (AvgIpc) is 2.44. The fourth-order valence-electron chi connectivity index (χ4n) is 1.72. The van der Waals surface area contributed by atoms with Gasteiger partial charge in [0.2, 0.25) is 5.91 Å². The summed E-state index contributed by atoms with van der Waals surface area (Å²) in [7, 11) is -3.12. The second-order valence-electron chi connectivity index (χ2n) is 4.68. The molecule has 112 valence electrons. The first-order chi connectivity index (χ1) is 9.86. The highest BCUT2D eigenvalue weighted by Crippen LogP contribution is 2.06. The molecule has 1 aromatic rings. The predicted molar refractivity (Wildman–Crippen MR) is 82.1 cm³/mol. The SMILES string of the molecule is CCS(=O)(=O)C[C@@H](C)NC(=O)/C=C/c1cccc(C#N)c1. The van der Waals surface area contributed by atoms with Crippen molar-refractivity contribution in [3.63, 3.8) is 0 Å². The van der Waals surface area contributed by atoms with E-state index in [1.165, 1.54) is 6.08 Å². The van der Waals surface area contributed by atoms with Crippen LogP contribution < -0.4 is 5.32 Å². The van der Waals surface area contributed by atoms with Gasteiger partial charge in [-0.3, -0.25) is 4.79 Å². The smallest absolute Gasteiger partial charge is 0.244 e. The lowest BCUT2D eigenvalue weighted by molar-refractivity contribution is -0.116. The second-order valence-corrected chi connectivity index (χ2v) is 7.08. The first kappa shape index (κ1) is 16.9. The summed E-state index contributed by atoms with van der Waals surface area (Å²) in [5, 5.41) is 11.4.